The van der Waals surface area contributed by atoms with Gasteiger partial charge in [0.05, 0.1) is 0 Å². The predicted octanol–water partition coefficient (Wildman–Crippen LogP) is 1.60. The van der Waals surface area contributed by atoms with Gasteiger partial charge in [-0.2, -0.15) is 0 Å². The highest BCUT2D eigenvalue weighted by molar-refractivity contribution is 5.94. The summed E-state index contributed by atoms with van der Waals surface area (Å²) in [6.45, 7) is 2.20. The molecule has 1 aliphatic carbocycles. The van der Waals surface area contributed by atoms with Crippen LogP contribution >= 0.6 is 0 Å². The van der Waals surface area contributed by atoms with Crippen LogP contribution in [0.3, 0.4) is 0 Å². The first-order valence-electron chi connectivity index (χ1n) is 7.83. The Hall–Kier alpha value is -1.88. The average molecular weight is 304 g/mol. The number of hydrogen-bond donors (Lipinski definition) is 3. The Balaban J connectivity index is 1.83. The van der Waals surface area contributed by atoms with E-state index in [2.05, 4.69) is 10.6 Å². The fourth-order valence-corrected chi connectivity index (χ4v) is 2.76. The van der Waals surface area contributed by atoms with Crippen LogP contribution < -0.4 is 10.6 Å². The molecule has 1 saturated carbocycles. The van der Waals surface area contributed by atoms with E-state index in [0.29, 0.717) is 18.0 Å². The summed E-state index contributed by atoms with van der Waals surface area (Å²) in [7, 11) is 0. The summed E-state index contributed by atoms with van der Waals surface area (Å²) in [6, 6.07) is 7.48. The second-order valence-electron chi connectivity index (χ2n) is 5.98. The standard InChI is InChI=1S/C17H24N2O3/c1-12(21)18-10-13-2-6-15(7-3-13)17(22)19-16-8-4-14(11-20)5-9-16/h2-3,6-7,14,16,20H,4-5,8-11H2,1H3,(H,18,21)(H,19,22). The largest absolute Gasteiger partial charge is 0.396 e. The van der Waals surface area contributed by atoms with Crippen molar-refractivity contribution in [1.29, 1.82) is 0 Å². The predicted molar refractivity (Wildman–Crippen MR) is 84.3 cm³/mol. The molecule has 3 N–H and O–H groups in total. The quantitative estimate of drug-likeness (QED) is 0.773. The molecule has 0 aliphatic heterocycles. The molecule has 0 bridgehead atoms. The van der Waals surface area contributed by atoms with Crippen LogP contribution in [0, 0.1) is 5.92 Å². The van der Waals surface area contributed by atoms with Gasteiger partial charge in [-0.05, 0) is 49.3 Å². The number of carbonyl (C=O) groups is 2. The maximum absolute atomic E-state index is 12.2. The van der Waals surface area contributed by atoms with Gasteiger partial charge in [-0.15, -0.1) is 0 Å². The summed E-state index contributed by atoms with van der Waals surface area (Å²) < 4.78 is 0. The first-order valence-corrected chi connectivity index (χ1v) is 7.83. The first-order chi connectivity index (χ1) is 10.6. The van der Waals surface area contributed by atoms with E-state index in [0.717, 1.165) is 31.2 Å². The number of rotatable bonds is 5. The van der Waals surface area contributed by atoms with Crippen molar-refractivity contribution in [2.75, 3.05) is 6.61 Å². The normalized spacial score (nSPS) is 21.2. The lowest BCUT2D eigenvalue weighted by Gasteiger charge is -2.28. The maximum Gasteiger partial charge on any atom is 0.251 e. The van der Waals surface area contributed by atoms with E-state index in [1.54, 1.807) is 12.1 Å². The van der Waals surface area contributed by atoms with E-state index in [1.165, 1.54) is 6.92 Å². The van der Waals surface area contributed by atoms with Crippen molar-refractivity contribution >= 4 is 11.8 Å². The number of hydrogen-bond acceptors (Lipinski definition) is 3. The van der Waals surface area contributed by atoms with Crippen LogP contribution in [-0.2, 0) is 11.3 Å². The number of benzene rings is 1. The van der Waals surface area contributed by atoms with Gasteiger partial charge in [-0.1, -0.05) is 12.1 Å². The maximum atomic E-state index is 12.2. The van der Waals surface area contributed by atoms with Crippen molar-refractivity contribution in [2.45, 2.75) is 45.2 Å². The number of nitrogens with one attached hydrogen (secondary N) is 2. The third-order valence-corrected chi connectivity index (χ3v) is 4.20. The Labute approximate surface area is 131 Å². The number of aliphatic hydroxyl groups excluding tert-OH is 1. The van der Waals surface area contributed by atoms with Crippen LogP contribution in [-0.4, -0.2) is 29.6 Å². The molecule has 1 fully saturated rings. The van der Waals surface area contributed by atoms with Crippen molar-refractivity contribution in [1.82, 2.24) is 10.6 Å². The topological polar surface area (TPSA) is 78.4 Å². The van der Waals surface area contributed by atoms with E-state index in [1.807, 2.05) is 12.1 Å². The van der Waals surface area contributed by atoms with Gasteiger partial charge in [0, 0.05) is 31.7 Å². The fourth-order valence-electron chi connectivity index (χ4n) is 2.76. The molecule has 0 radical (unpaired) electrons. The molecule has 2 rings (SSSR count). The zero-order valence-corrected chi connectivity index (χ0v) is 13.0. The molecule has 120 valence electrons. The molecule has 0 heterocycles. The van der Waals surface area contributed by atoms with Crippen LogP contribution in [0.1, 0.15) is 48.5 Å². The van der Waals surface area contributed by atoms with Gasteiger partial charge >= 0.3 is 0 Å². The minimum Gasteiger partial charge on any atom is -0.396 e. The van der Waals surface area contributed by atoms with Gasteiger partial charge in [-0.25, -0.2) is 0 Å². The number of amides is 2. The Kier molecular flexibility index (Phi) is 5.95. The summed E-state index contributed by atoms with van der Waals surface area (Å²) in [5.41, 5.74) is 1.60. The van der Waals surface area contributed by atoms with E-state index >= 15 is 0 Å². The van der Waals surface area contributed by atoms with Crippen LogP contribution in [0.15, 0.2) is 24.3 Å². The molecule has 2 amide bonds. The van der Waals surface area contributed by atoms with Gasteiger partial charge < -0.3 is 15.7 Å². The summed E-state index contributed by atoms with van der Waals surface area (Å²) in [5, 5.41) is 14.9. The summed E-state index contributed by atoms with van der Waals surface area (Å²) in [6.07, 6.45) is 3.80. The smallest absolute Gasteiger partial charge is 0.251 e. The zero-order valence-electron chi connectivity index (χ0n) is 13.0. The van der Waals surface area contributed by atoms with E-state index in [9.17, 15) is 9.59 Å². The van der Waals surface area contributed by atoms with Gasteiger partial charge in [0.25, 0.3) is 5.91 Å². The fraction of sp³-hybridized carbons (Fsp3) is 0.529. The Bertz CT molecular complexity index is 505. The molecule has 1 aromatic carbocycles. The molecule has 0 spiro atoms. The average Bonchev–Trinajstić information content (AvgIpc) is 2.54. The lowest BCUT2D eigenvalue weighted by molar-refractivity contribution is -0.119. The van der Waals surface area contributed by atoms with Gasteiger partial charge in [0.2, 0.25) is 5.91 Å². The molecule has 0 aromatic heterocycles. The number of aliphatic hydroxyl groups is 1. The second-order valence-corrected chi connectivity index (χ2v) is 5.98. The number of carbonyl (C=O) groups excluding carboxylic acids is 2. The summed E-state index contributed by atoms with van der Waals surface area (Å²) in [5.74, 6) is 0.264. The van der Waals surface area contributed by atoms with Crippen molar-refractivity contribution in [3.8, 4) is 0 Å². The van der Waals surface area contributed by atoms with Gasteiger partial charge in [-0.3, -0.25) is 9.59 Å². The highest BCUT2D eigenvalue weighted by Crippen LogP contribution is 2.23. The third kappa shape index (κ3) is 4.84. The lowest BCUT2D eigenvalue weighted by Crippen LogP contribution is -2.38. The van der Waals surface area contributed by atoms with E-state index < -0.39 is 0 Å². The molecule has 0 atom stereocenters. The zero-order chi connectivity index (χ0) is 15.9. The molecule has 0 unspecified atom stereocenters. The minimum atomic E-state index is -0.0692. The van der Waals surface area contributed by atoms with Gasteiger partial charge in [0.1, 0.15) is 0 Å². The van der Waals surface area contributed by atoms with Crippen LogP contribution in [0.4, 0.5) is 0 Å². The van der Waals surface area contributed by atoms with E-state index in [-0.39, 0.29) is 24.5 Å². The van der Waals surface area contributed by atoms with E-state index in [4.69, 9.17) is 5.11 Å². The van der Waals surface area contributed by atoms with Crippen molar-refractivity contribution in [2.24, 2.45) is 5.92 Å². The van der Waals surface area contributed by atoms with Crippen LogP contribution in [0.25, 0.3) is 0 Å². The second kappa shape index (κ2) is 7.94. The van der Waals surface area contributed by atoms with Crippen LogP contribution in [0.2, 0.25) is 0 Å². The summed E-state index contributed by atoms with van der Waals surface area (Å²) in [4.78, 5) is 23.1. The minimum absolute atomic E-state index is 0.0569. The molecule has 1 aliphatic rings. The Morgan fingerprint density at radius 2 is 1.77 bits per heavy atom. The molecule has 5 nitrogen and oxygen atoms in total. The molecular formula is C17H24N2O3. The third-order valence-electron chi connectivity index (χ3n) is 4.20. The van der Waals surface area contributed by atoms with Gasteiger partial charge in [0.15, 0.2) is 0 Å². The first kappa shape index (κ1) is 16.5. The SMILES string of the molecule is CC(=O)NCc1ccc(C(=O)NC2CCC(CO)CC2)cc1. The van der Waals surface area contributed by atoms with Crippen LogP contribution in [0.5, 0.6) is 0 Å². The summed E-state index contributed by atoms with van der Waals surface area (Å²) >= 11 is 0. The van der Waals surface area contributed by atoms with Crippen molar-refractivity contribution < 1.29 is 14.7 Å². The molecule has 5 heteroatoms. The Morgan fingerprint density at radius 1 is 1.14 bits per heavy atom. The monoisotopic (exact) mass is 304 g/mol. The van der Waals surface area contributed by atoms with Crippen molar-refractivity contribution in [3.63, 3.8) is 0 Å². The molecule has 22 heavy (non-hydrogen) atoms. The molecular weight excluding hydrogens is 280 g/mol. The van der Waals surface area contributed by atoms with Crippen molar-refractivity contribution in [3.05, 3.63) is 35.4 Å². The lowest BCUT2D eigenvalue weighted by atomic mass is 9.86. The molecule has 1 aromatic rings. The highest BCUT2D eigenvalue weighted by atomic mass is 16.3. The molecule has 0 saturated heterocycles. The highest BCUT2D eigenvalue weighted by Gasteiger charge is 2.22. The Morgan fingerprint density at radius 3 is 2.32 bits per heavy atom.